The van der Waals surface area contributed by atoms with Crippen LogP contribution in [0.15, 0.2) is 66.0 Å². The highest BCUT2D eigenvalue weighted by atomic mass is 16.5. The molecule has 0 saturated heterocycles. The molecule has 0 amide bonds. The van der Waals surface area contributed by atoms with E-state index >= 15 is 0 Å². The van der Waals surface area contributed by atoms with Gasteiger partial charge < -0.3 is 14.3 Å². The number of ether oxygens (including phenoxy) is 1. The Kier molecular flexibility index (Phi) is 9.88. The second kappa shape index (κ2) is 14.0. The van der Waals surface area contributed by atoms with E-state index in [-0.39, 0.29) is 5.56 Å². The number of aromatic nitrogens is 4. The van der Waals surface area contributed by atoms with E-state index in [0.717, 1.165) is 42.9 Å². The highest BCUT2D eigenvalue weighted by Crippen LogP contribution is 2.23. The van der Waals surface area contributed by atoms with Crippen LogP contribution in [0, 0.1) is 11.3 Å². The van der Waals surface area contributed by atoms with Gasteiger partial charge in [-0.3, -0.25) is 4.79 Å². The summed E-state index contributed by atoms with van der Waals surface area (Å²) in [6.45, 7) is 1.61. The van der Waals surface area contributed by atoms with Gasteiger partial charge in [0.05, 0.1) is 30.9 Å². The van der Waals surface area contributed by atoms with Gasteiger partial charge in [0.25, 0.3) is 5.56 Å². The Morgan fingerprint density at radius 3 is 2.03 bits per heavy atom. The number of imidazole rings is 1. The van der Waals surface area contributed by atoms with Crippen LogP contribution in [0.1, 0.15) is 69.8 Å². The molecule has 0 spiro atoms. The van der Waals surface area contributed by atoms with Crippen molar-refractivity contribution in [2.24, 2.45) is 0 Å². The molecular weight excluding hydrogens is 462 g/mol. The summed E-state index contributed by atoms with van der Waals surface area (Å²) >= 11 is 0. The molecule has 0 atom stereocenters. The lowest BCUT2D eigenvalue weighted by Gasteiger charge is -2.08. The molecule has 0 saturated carbocycles. The molecule has 0 bridgehead atoms. The first-order valence-corrected chi connectivity index (χ1v) is 13.4. The Morgan fingerprint density at radius 1 is 0.784 bits per heavy atom. The summed E-state index contributed by atoms with van der Waals surface area (Å²) in [6.07, 6.45) is 15.4. The molecule has 0 aliphatic carbocycles. The van der Waals surface area contributed by atoms with Crippen molar-refractivity contribution in [3.63, 3.8) is 0 Å². The average Bonchev–Trinajstić information content (AvgIpc) is 3.36. The largest absolute Gasteiger partial charge is 0.494 e. The van der Waals surface area contributed by atoms with Gasteiger partial charge >= 0.3 is 0 Å². The Balaban J connectivity index is 0.982. The topological polar surface area (TPSA) is 96.6 Å². The number of nitrogens with zero attached hydrogens (tertiary/aromatic N) is 4. The molecule has 2 aromatic heterocycles. The fraction of sp³-hybridized carbons (Fsp3) is 0.400. The zero-order valence-corrected chi connectivity index (χ0v) is 21.4. The molecule has 0 unspecified atom stereocenters. The molecule has 192 valence electrons. The van der Waals surface area contributed by atoms with Gasteiger partial charge in [0.2, 0.25) is 0 Å². The number of aromatic amines is 1. The minimum absolute atomic E-state index is 0.178. The Hall–Kier alpha value is -3.92. The van der Waals surface area contributed by atoms with Crippen molar-refractivity contribution in [2.45, 2.75) is 70.8 Å². The van der Waals surface area contributed by atoms with Gasteiger partial charge in [0.15, 0.2) is 11.2 Å². The summed E-state index contributed by atoms with van der Waals surface area (Å²) in [5.74, 6) is 0.906. The molecule has 0 aliphatic heterocycles. The van der Waals surface area contributed by atoms with Gasteiger partial charge in [-0.05, 0) is 48.2 Å². The number of unbranched alkanes of at least 4 members (excludes halogenated alkanes) is 9. The Morgan fingerprint density at radius 2 is 1.38 bits per heavy atom. The van der Waals surface area contributed by atoms with Crippen molar-refractivity contribution in [1.29, 1.82) is 5.26 Å². The molecule has 7 heteroatoms. The van der Waals surface area contributed by atoms with Crippen LogP contribution in [0.25, 0.3) is 22.3 Å². The van der Waals surface area contributed by atoms with Gasteiger partial charge in [-0.15, -0.1) is 0 Å². The molecule has 4 aromatic rings. The molecule has 4 rings (SSSR count). The first-order valence-electron chi connectivity index (χ1n) is 13.4. The van der Waals surface area contributed by atoms with Gasteiger partial charge in [-0.1, -0.05) is 75.6 Å². The third-order valence-electron chi connectivity index (χ3n) is 6.67. The summed E-state index contributed by atoms with van der Waals surface area (Å²) in [5, 5.41) is 8.92. The summed E-state index contributed by atoms with van der Waals surface area (Å²) in [7, 11) is 0. The van der Waals surface area contributed by atoms with Crippen LogP contribution in [0.2, 0.25) is 0 Å². The van der Waals surface area contributed by atoms with Crippen LogP contribution < -0.4 is 10.3 Å². The standard InChI is InChI=1S/C30H35N5O2/c31-21-24-11-13-25(14-12-24)26-15-17-27(18-16-26)37-20-10-8-6-4-2-1-3-5-7-9-19-35-23-34-28-29(35)32-22-33-30(28)36/h11-18,22-23H,1-10,19-20H2,(H,32,33,36). The lowest BCUT2D eigenvalue weighted by atomic mass is 10.0. The zero-order valence-electron chi connectivity index (χ0n) is 21.4. The van der Waals surface area contributed by atoms with Gasteiger partial charge in [0, 0.05) is 6.54 Å². The van der Waals surface area contributed by atoms with Crippen LogP contribution in [0.3, 0.4) is 0 Å². The maximum absolute atomic E-state index is 11.7. The molecular formula is C30H35N5O2. The molecule has 2 heterocycles. The predicted octanol–water partition coefficient (Wildman–Crippen LogP) is 6.64. The third-order valence-corrected chi connectivity index (χ3v) is 6.67. The smallest absolute Gasteiger partial charge is 0.278 e. The monoisotopic (exact) mass is 497 g/mol. The lowest BCUT2D eigenvalue weighted by Crippen LogP contribution is -2.07. The van der Waals surface area contributed by atoms with E-state index in [2.05, 4.69) is 33.2 Å². The van der Waals surface area contributed by atoms with Gasteiger partial charge in [0.1, 0.15) is 5.75 Å². The van der Waals surface area contributed by atoms with E-state index in [4.69, 9.17) is 10.00 Å². The normalized spacial score (nSPS) is 11.0. The first-order chi connectivity index (χ1) is 18.2. The summed E-state index contributed by atoms with van der Waals surface area (Å²) in [5.41, 5.74) is 3.82. The molecule has 37 heavy (non-hydrogen) atoms. The van der Waals surface area contributed by atoms with Crippen molar-refractivity contribution >= 4 is 11.2 Å². The van der Waals surface area contributed by atoms with Crippen molar-refractivity contribution in [3.8, 4) is 22.9 Å². The number of nitriles is 1. The number of benzene rings is 2. The molecule has 0 aliphatic rings. The van der Waals surface area contributed by atoms with E-state index in [0.29, 0.717) is 16.7 Å². The van der Waals surface area contributed by atoms with Crippen molar-refractivity contribution in [3.05, 3.63) is 77.1 Å². The van der Waals surface area contributed by atoms with Crippen LogP contribution in [-0.2, 0) is 6.54 Å². The molecule has 0 fully saturated rings. The average molecular weight is 498 g/mol. The zero-order chi connectivity index (χ0) is 25.7. The quantitative estimate of drug-likeness (QED) is 0.186. The van der Waals surface area contributed by atoms with E-state index in [9.17, 15) is 4.79 Å². The molecule has 0 radical (unpaired) electrons. The second-order valence-electron chi connectivity index (χ2n) is 9.44. The highest BCUT2D eigenvalue weighted by molar-refractivity contribution is 5.68. The summed E-state index contributed by atoms with van der Waals surface area (Å²) in [4.78, 5) is 22.7. The van der Waals surface area contributed by atoms with Crippen LogP contribution >= 0.6 is 0 Å². The van der Waals surface area contributed by atoms with Crippen molar-refractivity contribution in [1.82, 2.24) is 19.5 Å². The van der Waals surface area contributed by atoms with E-state index < -0.39 is 0 Å². The number of rotatable bonds is 15. The first kappa shape index (κ1) is 26.2. The molecule has 7 nitrogen and oxygen atoms in total. The summed E-state index contributed by atoms with van der Waals surface area (Å²) in [6, 6.07) is 17.9. The minimum Gasteiger partial charge on any atom is -0.494 e. The molecule has 2 aromatic carbocycles. The van der Waals surface area contributed by atoms with E-state index in [1.165, 1.54) is 57.7 Å². The van der Waals surface area contributed by atoms with Crippen molar-refractivity contribution in [2.75, 3.05) is 6.61 Å². The van der Waals surface area contributed by atoms with Crippen LogP contribution in [0.5, 0.6) is 5.75 Å². The second-order valence-corrected chi connectivity index (χ2v) is 9.44. The Labute approximate surface area is 218 Å². The minimum atomic E-state index is -0.178. The van der Waals surface area contributed by atoms with Gasteiger partial charge in [-0.25, -0.2) is 9.97 Å². The molecule has 1 N–H and O–H groups in total. The maximum Gasteiger partial charge on any atom is 0.278 e. The number of aryl methyl sites for hydroxylation is 1. The Bertz CT molecular complexity index is 1330. The fourth-order valence-electron chi connectivity index (χ4n) is 4.52. The fourth-order valence-corrected chi connectivity index (χ4v) is 4.52. The highest BCUT2D eigenvalue weighted by Gasteiger charge is 2.06. The van der Waals surface area contributed by atoms with E-state index in [1.54, 1.807) is 6.33 Å². The SMILES string of the molecule is N#Cc1ccc(-c2ccc(OCCCCCCCCCCCCn3cnc4c(=O)[nH]cnc43)cc2)cc1. The third kappa shape index (κ3) is 7.78. The number of nitrogens with one attached hydrogen (secondary N) is 1. The van der Waals surface area contributed by atoms with Crippen LogP contribution in [0.4, 0.5) is 0 Å². The lowest BCUT2D eigenvalue weighted by molar-refractivity contribution is 0.304. The predicted molar refractivity (Wildman–Crippen MR) is 146 cm³/mol. The summed E-state index contributed by atoms with van der Waals surface area (Å²) < 4.78 is 7.88. The number of H-pyrrole nitrogens is 1. The van der Waals surface area contributed by atoms with Gasteiger partial charge in [-0.2, -0.15) is 5.26 Å². The van der Waals surface area contributed by atoms with Crippen LogP contribution in [-0.4, -0.2) is 26.1 Å². The maximum atomic E-state index is 11.7. The van der Waals surface area contributed by atoms with E-state index in [1.807, 2.05) is 41.0 Å². The number of fused-ring (bicyclic) bond motifs is 1. The number of hydrogen-bond acceptors (Lipinski definition) is 5. The van der Waals surface area contributed by atoms with Crippen molar-refractivity contribution < 1.29 is 4.74 Å². The number of hydrogen-bond donors (Lipinski definition) is 1.